The first-order chi connectivity index (χ1) is 6.40. The van der Waals surface area contributed by atoms with E-state index in [0.717, 1.165) is 19.5 Å². The first-order valence-electron chi connectivity index (χ1n) is 5.34. The molecule has 3 nitrogen and oxygen atoms in total. The van der Waals surface area contributed by atoms with E-state index in [1.165, 1.54) is 0 Å². The molecule has 1 fully saturated rings. The van der Waals surface area contributed by atoms with Crippen LogP contribution >= 0.6 is 0 Å². The van der Waals surface area contributed by atoms with Crippen molar-refractivity contribution in [2.75, 3.05) is 13.1 Å². The first-order valence-corrected chi connectivity index (χ1v) is 5.34. The number of hydrogen-bond acceptors (Lipinski definition) is 3. The van der Waals surface area contributed by atoms with E-state index in [9.17, 15) is 4.79 Å². The van der Waals surface area contributed by atoms with Crippen LogP contribution in [0.1, 0.15) is 34.1 Å². The molecule has 0 aromatic heterocycles. The Balaban J connectivity index is 2.50. The smallest absolute Gasteiger partial charge is 0.311 e. The van der Waals surface area contributed by atoms with Crippen LogP contribution in [0.4, 0.5) is 0 Å². The van der Waals surface area contributed by atoms with Crippen molar-refractivity contribution in [3.63, 3.8) is 0 Å². The fraction of sp³-hybridized carbons (Fsp3) is 0.909. The molecule has 14 heavy (non-hydrogen) atoms. The highest BCUT2D eigenvalue weighted by Crippen LogP contribution is 2.22. The van der Waals surface area contributed by atoms with E-state index < -0.39 is 0 Å². The monoisotopic (exact) mass is 199 g/mol. The maximum Gasteiger partial charge on any atom is 0.311 e. The number of ether oxygens (including phenoxy) is 1. The van der Waals surface area contributed by atoms with Crippen molar-refractivity contribution in [2.24, 2.45) is 11.8 Å². The molecule has 0 saturated carbocycles. The van der Waals surface area contributed by atoms with Gasteiger partial charge in [0.05, 0.1) is 5.92 Å². The lowest BCUT2D eigenvalue weighted by Gasteiger charge is -2.30. The highest BCUT2D eigenvalue weighted by molar-refractivity contribution is 5.73. The lowest BCUT2D eigenvalue weighted by Crippen LogP contribution is -2.42. The Kier molecular flexibility index (Phi) is 3.53. The SMILES string of the molecule is C[C@@H]1CCNC[C@@H]1C(=O)OC(C)(C)C. The summed E-state index contributed by atoms with van der Waals surface area (Å²) in [5.41, 5.74) is -0.367. The van der Waals surface area contributed by atoms with Crippen LogP contribution in [-0.4, -0.2) is 24.7 Å². The number of carbonyl (C=O) groups is 1. The van der Waals surface area contributed by atoms with E-state index in [2.05, 4.69) is 12.2 Å². The van der Waals surface area contributed by atoms with Crippen LogP contribution in [0.3, 0.4) is 0 Å². The van der Waals surface area contributed by atoms with Crippen LogP contribution in [0, 0.1) is 11.8 Å². The van der Waals surface area contributed by atoms with Crippen molar-refractivity contribution in [2.45, 2.75) is 39.7 Å². The molecule has 0 aliphatic carbocycles. The van der Waals surface area contributed by atoms with Gasteiger partial charge in [-0.15, -0.1) is 0 Å². The number of carbonyl (C=O) groups excluding carboxylic acids is 1. The molecule has 1 aliphatic heterocycles. The quantitative estimate of drug-likeness (QED) is 0.651. The van der Waals surface area contributed by atoms with Gasteiger partial charge in [0, 0.05) is 6.54 Å². The fourth-order valence-corrected chi connectivity index (χ4v) is 1.68. The summed E-state index contributed by atoms with van der Waals surface area (Å²) in [6, 6.07) is 0. The number of rotatable bonds is 1. The summed E-state index contributed by atoms with van der Waals surface area (Å²) >= 11 is 0. The highest BCUT2D eigenvalue weighted by atomic mass is 16.6. The lowest BCUT2D eigenvalue weighted by molar-refractivity contribution is -0.162. The van der Waals surface area contributed by atoms with Crippen molar-refractivity contribution in [3.8, 4) is 0 Å². The lowest BCUT2D eigenvalue weighted by atomic mass is 9.88. The molecule has 0 unspecified atom stereocenters. The summed E-state index contributed by atoms with van der Waals surface area (Å²) in [6.07, 6.45) is 1.06. The Morgan fingerprint density at radius 2 is 2.07 bits per heavy atom. The van der Waals surface area contributed by atoms with Gasteiger partial charge in [-0.2, -0.15) is 0 Å². The van der Waals surface area contributed by atoms with Gasteiger partial charge < -0.3 is 10.1 Å². The summed E-state index contributed by atoms with van der Waals surface area (Å²) in [5, 5.41) is 3.23. The molecule has 2 atom stereocenters. The van der Waals surface area contributed by atoms with Crippen molar-refractivity contribution in [1.29, 1.82) is 0 Å². The highest BCUT2D eigenvalue weighted by Gasteiger charge is 2.31. The van der Waals surface area contributed by atoms with E-state index >= 15 is 0 Å². The Hall–Kier alpha value is -0.570. The summed E-state index contributed by atoms with van der Waals surface area (Å²) in [6.45, 7) is 9.62. The zero-order chi connectivity index (χ0) is 10.8. The van der Waals surface area contributed by atoms with Crippen LogP contribution in [0.15, 0.2) is 0 Å². The van der Waals surface area contributed by atoms with Gasteiger partial charge in [0.15, 0.2) is 0 Å². The summed E-state index contributed by atoms with van der Waals surface area (Å²) in [7, 11) is 0. The Labute approximate surface area is 86.2 Å². The van der Waals surface area contributed by atoms with E-state index in [1.807, 2.05) is 20.8 Å². The molecule has 0 bridgehead atoms. The van der Waals surface area contributed by atoms with Gasteiger partial charge in [-0.05, 0) is 39.7 Å². The third kappa shape index (κ3) is 3.29. The Morgan fingerprint density at radius 1 is 1.43 bits per heavy atom. The zero-order valence-corrected chi connectivity index (χ0v) is 9.59. The van der Waals surface area contributed by atoms with Crippen LogP contribution in [0.2, 0.25) is 0 Å². The average Bonchev–Trinajstić information content (AvgIpc) is 2.01. The van der Waals surface area contributed by atoms with E-state index in [1.54, 1.807) is 0 Å². The second-order valence-corrected chi connectivity index (χ2v) is 5.11. The van der Waals surface area contributed by atoms with Gasteiger partial charge in [-0.25, -0.2) is 0 Å². The normalized spacial score (nSPS) is 28.6. The van der Waals surface area contributed by atoms with Gasteiger partial charge in [0.1, 0.15) is 5.60 Å². The largest absolute Gasteiger partial charge is 0.460 e. The Bertz CT molecular complexity index is 208. The zero-order valence-electron chi connectivity index (χ0n) is 9.59. The van der Waals surface area contributed by atoms with Gasteiger partial charge in [0.2, 0.25) is 0 Å². The standard InChI is InChI=1S/C11H21NO2/c1-8-5-6-12-7-9(8)10(13)14-11(2,3)4/h8-9,12H,5-7H2,1-4H3/t8-,9+/m1/s1. The third-order valence-electron chi connectivity index (χ3n) is 2.54. The van der Waals surface area contributed by atoms with Crippen LogP contribution < -0.4 is 5.32 Å². The fourth-order valence-electron chi connectivity index (χ4n) is 1.68. The number of esters is 1. The molecule has 82 valence electrons. The van der Waals surface area contributed by atoms with Crippen molar-refractivity contribution < 1.29 is 9.53 Å². The summed E-state index contributed by atoms with van der Waals surface area (Å²) in [5.74, 6) is 0.409. The number of piperidine rings is 1. The average molecular weight is 199 g/mol. The van der Waals surface area contributed by atoms with Gasteiger partial charge >= 0.3 is 5.97 Å². The van der Waals surface area contributed by atoms with Crippen molar-refractivity contribution in [1.82, 2.24) is 5.32 Å². The Morgan fingerprint density at radius 3 is 2.57 bits per heavy atom. The predicted molar refractivity (Wildman–Crippen MR) is 56.0 cm³/mol. The molecule has 1 N–H and O–H groups in total. The van der Waals surface area contributed by atoms with Crippen LogP contribution in [-0.2, 0) is 9.53 Å². The minimum Gasteiger partial charge on any atom is -0.460 e. The molecule has 0 radical (unpaired) electrons. The third-order valence-corrected chi connectivity index (χ3v) is 2.54. The first kappa shape index (κ1) is 11.5. The van der Waals surface area contributed by atoms with E-state index in [-0.39, 0.29) is 17.5 Å². The van der Waals surface area contributed by atoms with Gasteiger partial charge in [0.25, 0.3) is 0 Å². The number of hydrogen-bond donors (Lipinski definition) is 1. The molecule has 1 heterocycles. The molecular weight excluding hydrogens is 178 g/mol. The molecule has 0 aromatic carbocycles. The molecule has 0 spiro atoms. The van der Waals surface area contributed by atoms with Crippen LogP contribution in [0.5, 0.6) is 0 Å². The minimum atomic E-state index is -0.367. The van der Waals surface area contributed by atoms with E-state index in [4.69, 9.17) is 4.74 Å². The molecule has 1 rings (SSSR count). The second-order valence-electron chi connectivity index (χ2n) is 5.11. The molecular formula is C11H21NO2. The molecule has 1 saturated heterocycles. The maximum atomic E-state index is 11.8. The van der Waals surface area contributed by atoms with E-state index in [0.29, 0.717) is 5.92 Å². The van der Waals surface area contributed by atoms with Crippen molar-refractivity contribution >= 4 is 5.97 Å². The molecule has 0 aromatic rings. The minimum absolute atomic E-state index is 0.0305. The number of nitrogens with one attached hydrogen (secondary N) is 1. The van der Waals surface area contributed by atoms with Crippen molar-refractivity contribution in [3.05, 3.63) is 0 Å². The second kappa shape index (κ2) is 4.30. The summed E-state index contributed by atoms with van der Waals surface area (Å²) < 4.78 is 5.37. The van der Waals surface area contributed by atoms with Gasteiger partial charge in [-0.1, -0.05) is 6.92 Å². The summed E-state index contributed by atoms with van der Waals surface area (Å²) in [4.78, 5) is 11.8. The topological polar surface area (TPSA) is 38.3 Å². The van der Waals surface area contributed by atoms with Crippen LogP contribution in [0.25, 0.3) is 0 Å². The maximum absolute atomic E-state index is 11.8. The molecule has 3 heteroatoms. The predicted octanol–water partition coefficient (Wildman–Crippen LogP) is 1.57. The molecule has 1 aliphatic rings. The van der Waals surface area contributed by atoms with Gasteiger partial charge in [-0.3, -0.25) is 4.79 Å². The molecule has 0 amide bonds.